The third kappa shape index (κ3) is 4.22. The monoisotopic (exact) mass is 472 g/mol. The summed E-state index contributed by atoms with van der Waals surface area (Å²) in [7, 11) is 1.89. The quantitative estimate of drug-likeness (QED) is 0.417. The summed E-state index contributed by atoms with van der Waals surface area (Å²) >= 11 is 0. The van der Waals surface area contributed by atoms with Gasteiger partial charge in [0.1, 0.15) is 6.33 Å². The van der Waals surface area contributed by atoms with Gasteiger partial charge in [-0.15, -0.1) is 0 Å². The Bertz CT molecular complexity index is 1370. The molecule has 1 aliphatic heterocycles. The number of amides is 1. The first-order valence-electron chi connectivity index (χ1n) is 12.8. The predicted molar refractivity (Wildman–Crippen MR) is 141 cm³/mol. The minimum absolute atomic E-state index is 0.264. The van der Waals surface area contributed by atoms with Crippen LogP contribution in [0.5, 0.6) is 0 Å². The van der Waals surface area contributed by atoms with Crippen molar-refractivity contribution in [3.05, 3.63) is 53.0 Å². The number of aromatic nitrogens is 4. The summed E-state index contributed by atoms with van der Waals surface area (Å²) < 4.78 is 1.88. The van der Waals surface area contributed by atoms with Gasteiger partial charge in [-0.25, -0.2) is 9.50 Å². The van der Waals surface area contributed by atoms with Gasteiger partial charge in [-0.05, 0) is 80.0 Å². The molecule has 0 spiro atoms. The smallest absolute Gasteiger partial charge is 0.223 e. The number of pyridine rings is 1. The van der Waals surface area contributed by atoms with Gasteiger partial charge in [-0.1, -0.05) is 19.9 Å². The summed E-state index contributed by atoms with van der Waals surface area (Å²) in [5.41, 5.74) is 9.55. The molecule has 0 aliphatic carbocycles. The van der Waals surface area contributed by atoms with E-state index in [1.165, 1.54) is 38.9 Å². The number of nitrogens with one attached hydrogen (secondary N) is 2. The molecule has 0 unspecified atom stereocenters. The molecular formula is C28H36N6O. The van der Waals surface area contributed by atoms with Gasteiger partial charge >= 0.3 is 0 Å². The number of benzene rings is 1. The summed E-state index contributed by atoms with van der Waals surface area (Å²) in [5, 5.41) is 8.78. The summed E-state index contributed by atoms with van der Waals surface area (Å²) in [5.74, 6) is 1.12. The maximum absolute atomic E-state index is 12.4. The Morgan fingerprint density at radius 3 is 2.69 bits per heavy atom. The fourth-order valence-electron chi connectivity index (χ4n) is 5.60. The maximum atomic E-state index is 12.4. The van der Waals surface area contributed by atoms with Crippen LogP contribution >= 0.6 is 0 Å². The van der Waals surface area contributed by atoms with Crippen molar-refractivity contribution < 1.29 is 4.79 Å². The van der Waals surface area contributed by atoms with Crippen LogP contribution in [0.25, 0.3) is 27.8 Å². The number of carbonyl (C=O) groups is 1. The largest absolute Gasteiger partial charge is 0.354 e. The number of nitrogens with zero attached hydrogens (tertiary/aromatic N) is 4. The van der Waals surface area contributed by atoms with Crippen molar-refractivity contribution in [1.29, 1.82) is 0 Å². The van der Waals surface area contributed by atoms with Gasteiger partial charge in [0.05, 0.1) is 5.69 Å². The average Bonchev–Trinajstić information content (AvgIpc) is 3.49. The molecule has 0 bridgehead atoms. The average molecular weight is 473 g/mol. The number of carbonyl (C=O) groups excluding carboxylic acids is 1. The standard InChI is InChI=1S/C28H36N6O/c1-17(2)26-22-14-21(20-9-12-33(13-10-20)25(35)8-11-29-5)6-7-24(22)32-27(26)23-15-34-28(30-16-31-34)19(4)18(23)3/h6-7,14-17,20,29,32H,8-13H2,1-5H3. The Labute approximate surface area is 206 Å². The van der Waals surface area contributed by atoms with Crippen LogP contribution in [0, 0.1) is 13.8 Å². The number of fused-ring (bicyclic) bond motifs is 2. The van der Waals surface area contributed by atoms with Crippen molar-refractivity contribution in [2.24, 2.45) is 0 Å². The lowest BCUT2D eigenvalue weighted by Gasteiger charge is -2.32. The van der Waals surface area contributed by atoms with Crippen LogP contribution in [-0.4, -0.2) is 57.1 Å². The first-order valence-corrected chi connectivity index (χ1v) is 12.8. The number of rotatable bonds is 6. The van der Waals surface area contributed by atoms with Crippen LogP contribution in [0.4, 0.5) is 0 Å². The normalized spacial score (nSPS) is 15.1. The summed E-state index contributed by atoms with van der Waals surface area (Å²) in [6.45, 7) is 11.3. The lowest BCUT2D eigenvalue weighted by Crippen LogP contribution is -2.38. The van der Waals surface area contributed by atoms with Crippen LogP contribution < -0.4 is 5.32 Å². The van der Waals surface area contributed by atoms with Gasteiger partial charge in [0, 0.05) is 48.7 Å². The minimum atomic E-state index is 0.264. The molecule has 4 aromatic rings. The van der Waals surface area contributed by atoms with Gasteiger partial charge in [0.25, 0.3) is 0 Å². The van der Waals surface area contributed by atoms with Crippen LogP contribution in [0.3, 0.4) is 0 Å². The van der Waals surface area contributed by atoms with Crippen molar-refractivity contribution in [3.63, 3.8) is 0 Å². The topological polar surface area (TPSA) is 78.3 Å². The van der Waals surface area contributed by atoms with Gasteiger partial charge in [-0.3, -0.25) is 4.79 Å². The van der Waals surface area contributed by atoms with E-state index in [9.17, 15) is 4.79 Å². The maximum Gasteiger partial charge on any atom is 0.223 e. The number of hydrogen-bond acceptors (Lipinski definition) is 4. The zero-order valence-corrected chi connectivity index (χ0v) is 21.5. The molecule has 2 N–H and O–H groups in total. The second kappa shape index (κ2) is 9.46. The lowest BCUT2D eigenvalue weighted by molar-refractivity contribution is -0.132. The molecule has 1 aromatic carbocycles. The molecule has 0 radical (unpaired) electrons. The number of piperidine rings is 1. The highest BCUT2D eigenvalue weighted by Gasteiger charge is 2.25. The number of H-pyrrole nitrogens is 1. The van der Waals surface area contributed by atoms with E-state index in [-0.39, 0.29) is 5.91 Å². The number of aromatic amines is 1. The van der Waals surface area contributed by atoms with E-state index in [0.29, 0.717) is 18.3 Å². The van der Waals surface area contributed by atoms with Crippen LogP contribution in [-0.2, 0) is 4.79 Å². The van der Waals surface area contributed by atoms with Crippen molar-refractivity contribution >= 4 is 22.5 Å². The Balaban J connectivity index is 1.49. The fraction of sp³-hybridized carbons (Fsp3) is 0.464. The molecule has 0 atom stereocenters. The first kappa shape index (κ1) is 23.5. The molecule has 1 saturated heterocycles. The Hall–Kier alpha value is -3.19. The van der Waals surface area contributed by atoms with Crippen molar-refractivity contribution in [3.8, 4) is 11.3 Å². The van der Waals surface area contributed by atoms with Crippen molar-refractivity contribution in [2.75, 3.05) is 26.7 Å². The fourth-order valence-corrected chi connectivity index (χ4v) is 5.60. The van der Waals surface area contributed by atoms with Gasteiger partial charge in [-0.2, -0.15) is 5.10 Å². The number of aryl methyl sites for hydroxylation is 1. The van der Waals surface area contributed by atoms with Crippen molar-refractivity contribution in [2.45, 2.75) is 58.8 Å². The predicted octanol–water partition coefficient (Wildman–Crippen LogP) is 4.93. The summed E-state index contributed by atoms with van der Waals surface area (Å²) in [6.07, 6.45) is 6.34. The lowest BCUT2D eigenvalue weighted by atomic mass is 9.87. The minimum Gasteiger partial charge on any atom is -0.354 e. The van der Waals surface area contributed by atoms with E-state index < -0.39 is 0 Å². The third-order valence-corrected chi connectivity index (χ3v) is 7.74. The van der Waals surface area contributed by atoms with Gasteiger partial charge in [0.2, 0.25) is 5.91 Å². The molecule has 7 heteroatoms. The molecule has 7 nitrogen and oxygen atoms in total. The van der Waals surface area contributed by atoms with E-state index in [2.05, 4.69) is 72.5 Å². The second-order valence-electron chi connectivity index (χ2n) is 10.2. The Kier molecular flexibility index (Phi) is 6.36. The second-order valence-corrected chi connectivity index (χ2v) is 10.2. The van der Waals surface area contributed by atoms with E-state index in [1.54, 1.807) is 6.33 Å². The van der Waals surface area contributed by atoms with E-state index >= 15 is 0 Å². The van der Waals surface area contributed by atoms with E-state index in [4.69, 9.17) is 0 Å². The third-order valence-electron chi connectivity index (χ3n) is 7.74. The molecular weight excluding hydrogens is 436 g/mol. The SMILES string of the molecule is CNCCC(=O)N1CCC(c2ccc3[nH]c(-c4cn5ncnc5c(C)c4C)c(C(C)C)c3c2)CC1. The highest BCUT2D eigenvalue weighted by molar-refractivity contribution is 5.92. The Morgan fingerprint density at radius 2 is 1.97 bits per heavy atom. The number of likely N-dealkylation sites (tertiary alicyclic amines) is 1. The number of hydrogen-bond donors (Lipinski definition) is 2. The van der Waals surface area contributed by atoms with E-state index in [1.807, 2.05) is 16.5 Å². The molecule has 184 valence electrons. The highest BCUT2D eigenvalue weighted by atomic mass is 16.2. The molecule has 4 heterocycles. The van der Waals surface area contributed by atoms with Crippen molar-refractivity contribution in [1.82, 2.24) is 29.8 Å². The molecule has 35 heavy (non-hydrogen) atoms. The van der Waals surface area contributed by atoms with E-state index in [0.717, 1.165) is 43.7 Å². The van der Waals surface area contributed by atoms with Gasteiger partial charge < -0.3 is 15.2 Å². The Morgan fingerprint density at radius 1 is 1.20 bits per heavy atom. The van der Waals surface area contributed by atoms with Gasteiger partial charge in [0.15, 0.2) is 5.65 Å². The zero-order valence-electron chi connectivity index (χ0n) is 21.5. The van der Waals surface area contributed by atoms with Crippen LogP contribution in [0.15, 0.2) is 30.7 Å². The molecule has 5 rings (SSSR count). The molecule has 0 saturated carbocycles. The summed E-state index contributed by atoms with van der Waals surface area (Å²) in [4.78, 5) is 22.6. The first-order chi connectivity index (χ1) is 16.9. The molecule has 3 aromatic heterocycles. The molecule has 1 amide bonds. The highest BCUT2D eigenvalue weighted by Crippen LogP contribution is 2.39. The van der Waals surface area contributed by atoms with Crippen LogP contribution in [0.1, 0.15) is 67.2 Å². The molecule has 1 aliphatic rings. The zero-order chi connectivity index (χ0) is 24.7. The summed E-state index contributed by atoms with van der Waals surface area (Å²) in [6, 6.07) is 6.90. The van der Waals surface area contributed by atoms with Crippen LogP contribution in [0.2, 0.25) is 0 Å². The molecule has 1 fully saturated rings.